The number of halogens is 2. The minimum Gasteiger partial charge on any atom is -0.444 e. The lowest BCUT2D eigenvalue weighted by molar-refractivity contribution is 0.262. The second kappa shape index (κ2) is 8.16. The van der Waals surface area contributed by atoms with Crippen LogP contribution in [-0.4, -0.2) is 11.0 Å². The lowest BCUT2D eigenvalue weighted by Crippen LogP contribution is -2.20. The SMILES string of the molecule is Cc1ccc(-c2coc(-c3ccc(NC(=O)Nc4cc(F)ccc4F)cc3)n2)cc1. The van der Waals surface area contributed by atoms with Gasteiger partial charge in [-0.05, 0) is 43.3 Å². The largest absolute Gasteiger partial charge is 0.444 e. The molecule has 2 amide bonds. The van der Waals surface area contributed by atoms with E-state index >= 15 is 0 Å². The summed E-state index contributed by atoms with van der Waals surface area (Å²) in [5.41, 5.74) is 3.80. The molecular weight excluding hydrogens is 388 g/mol. The molecule has 4 rings (SSSR count). The number of nitrogens with one attached hydrogen (secondary N) is 2. The van der Waals surface area contributed by atoms with Crippen LogP contribution >= 0.6 is 0 Å². The quantitative estimate of drug-likeness (QED) is 0.422. The second-order valence-corrected chi connectivity index (χ2v) is 6.68. The monoisotopic (exact) mass is 405 g/mol. The highest BCUT2D eigenvalue weighted by Gasteiger charge is 2.11. The van der Waals surface area contributed by atoms with Crippen molar-refractivity contribution in [1.82, 2.24) is 4.98 Å². The van der Waals surface area contributed by atoms with E-state index in [1.54, 1.807) is 30.5 Å². The summed E-state index contributed by atoms with van der Waals surface area (Å²) < 4.78 is 32.4. The fraction of sp³-hybridized carbons (Fsp3) is 0.0435. The van der Waals surface area contributed by atoms with Gasteiger partial charge in [0.1, 0.15) is 23.6 Å². The molecule has 4 aromatic rings. The van der Waals surface area contributed by atoms with Crippen molar-refractivity contribution in [2.45, 2.75) is 6.92 Å². The second-order valence-electron chi connectivity index (χ2n) is 6.68. The predicted octanol–water partition coefficient (Wildman–Crippen LogP) is 6.24. The zero-order chi connectivity index (χ0) is 21.1. The highest BCUT2D eigenvalue weighted by molar-refractivity contribution is 5.99. The Balaban J connectivity index is 1.43. The third-order valence-corrected chi connectivity index (χ3v) is 4.42. The van der Waals surface area contributed by atoms with Crippen molar-refractivity contribution < 1.29 is 18.0 Å². The third kappa shape index (κ3) is 4.35. The average Bonchev–Trinajstić information content (AvgIpc) is 3.22. The molecule has 0 saturated heterocycles. The summed E-state index contributed by atoms with van der Waals surface area (Å²) in [6.07, 6.45) is 1.59. The van der Waals surface area contributed by atoms with Gasteiger partial charge in [0.25, 0.3) is 0 Å². The molecule has 1 aromatic heterocycles. The first kappa shape index (κ1) is 19.3. The van der Waals surface area contributed by atoms with Crippen LogP contribution < -0.4 is 10.6 Å². The zero-order valence-corrected chi connectivity index (χ0v) is 15.9. The number of oxazole rings is 1. The van der Waals surface area contributed by atoms with Crippen LogP contribution in [0.4, 0.5) is 25.0 Å². The zero-order valence-electron chi connectivity index (χ0n) is 15.9. The van der Waals surface area contributed by atoms with Crippen molar-refractivity contribution in [3.8, 4) is 22.7 Å². The number of amides is 2. The number of hydrogen-bond donors (Lipinski definition) is 2. The fourth-order valence-electron chi connectivity index (χ4n) is 2.84. The predicted molar refractivity (Wildman–Crippen MR) is 111 cm³/mol. The third-order valence-electron chi connectivity index (χ3n) is 4.42. The van der Waals surface area contributed by atoms with Crippen LogP contribution in [0.25, 0.3) is 22.7 Å². The van der Waals surface area contributed by atoms with Crippen LogP contribution in [0.3, 0.4) is 0 Å². The summed E-state index contributed by atoms with van der Waals surface area (Å²) in [5.74, 6) is -0.925. The first-order chi connectivity index (χ1) is 14.5. The number of aromatic nitrogens is 1. The molecule has 0 atom stereocenters. The molecule has 0 saturated carbocycles. The summed E-state index contributed by atoms with van der Waals surface area (Å²) >= 11 is 0. The van der Waals surface area contributed by atoms with Crippen LogP contribution in [0.15, 0.2) is 77.4 Å². The molecule has 0 spiro atoms. The van der Waals surface area contributed by atoms with E-state index < -0.39 is 17.7 Å². The van der Waals surface area contributed by atoms with E-state index in [0.717, 1.165) is 40.6 Å². The van der Waals surface area contributed by atoms with E-state index in [0.29, 0.717) is 11.6 Å². The molecule has 0 aliphatic rings. The average molecular weight is 405 g/mol. The summed E-state index contributed by atoms with van der Waals surface area (Å²) in [7, 11) is 0. The Morgan fingerprint density at radius 3 is 2.33 bits per heavy atom. The molecule has 0 aliphatic heterocycles. The van der Waals surface area contributed by atoms with Gasteiger partial charge in [0, 0.05) is 22.9 Å². The summed E-state index contributed by atoms with van der Waals surface area (Å²) in [5, 5.41) is 4.84. The van der Waals surface area contributed by atoms with Crippen LogP contribution in [0.1, 0.15) is 5.56 Å². The van der Waals surface area contributed by atoms with Crippen molar-refractivity contribution in [3.05, 3.63) is 90.2 Å². The van der Waals surface area contributed by atoms with Crippen molar-refractivity contribution in [2.24, 2.45) is 0 Å². The van der Waals surface area contributed by atoms with Crippen molar-refractivity contribution >= 4 is 17.4 Å². The van der Waals surface area contributed by atoms with E-state index in [4.69, 9.17) is 4.42 Å². The summed E-state index contributed by atoms with van der Waals surface area (Å²) in [6.45, 7) is 2.02. The van der Waals surface area contributed by atoms with Crippen molar-refractivity contribution in [1.29, 1.82) is 0 Å². The Labute approximate surface area is 171 Å². The van der Waals surface area contributed by atoms with E-state index in [9.17, 15) is 13.6 Å². The number of carbonyl (C=O) groups is 1. The number of benzene rings is 3. The highest BCUT2D eigenvalue weighted by atomic mass is 19.1. The summed E-state index contributed by atoms with van der Waals surface area (Å²) in [4.78, 5) is 16.5. The lowest BCUT2D eigenvalue weighted by atomic mass is 10.1. The lowest BCUT2D eigenvalue weighted by Gasteiger charge is -2.09. The molecule has 30 heavy (non-hydrogen) atoms. The van der Waals surface area contributed by atoms with E-state index in [1.165, 1.54) is 0 Å². The Hall–Kier alpha value is -4.00. The van der Waals surface area contributed by atoms with Gasteiger partial charge >= 0.3 is 6.03 Å². The molecule has 0 bridgehead atoms. The molecule has 0 fully saturated rings. The van der Waals surface area contributed by atoms with Gasteiger partial charge in [-0.25, -0.2) is 18.6 Å². The molecule has 0 radical (unpaired) electrons. The van der Waals surface area contributed by atoms with E-state index in [-0.39, 0.29) is 5.69 Å². The first-order valence-corrected chi connectivity index (χ1v) is 9.14. The van der Waals surface area contributed by atoms with Gasteiger partial charge in [-0.3, -0.25) is 0 Å². The maximum atomic E-state index is 13.6. The van der Waals surface area contributed by atoms with Gasteiger partial charge in [-0.1, -0.05) is 29.8 Å². The van der Waals surface area contributed by atoms with Gasteiger partial charge in [0.05, 0.1) is 5.69 Å². The molecule has 3 aromatic carbocycles. The number of nitrogens with zero attached hydrogens (tertiary/aromatic N) is 1. The number of rotatable bonds is 4. The number of hydrogen-bond acceptors (Lipinski definition) is 3. The topological polar surface area (TPSA) is 67.2 Å². The van der Waals surface area contributed by atoms with E-state index in [1.807, 2.05) is 31.2 Å². The van der Waals surface area contributed by atoms with Crippen LogP contribution in [0.2, 0.25) is 0 Å². The molecular formula is C23H17F2N3O2. The Bertz CT molecular complexity index is 1190. The van der Waals surface area contributed by atoms with Crippen LogP contribution in [0, 0.1) is 18.6 Å². The number of carbonyl (C=O) groups excluding carboxylic acids is 1. The van der Waals surface area contributed by atoms with Gasteiger partial charge in [-0.15, -0.1) is 0 Å². The molecule has 7 heteroatoms. The highest BCUT2D eigenvalue weighted by Crippen LogP contribution is 2.26. The molecule has 0 aliphatic carbocycles. The Morgan fingerprint density at radius 1 is 0.900 bits per heavy atom. The van der Waals surface area contributed by atoms with Gasteiger partial charge in [0.15, 0.2) is 0 Å². The number of aryl methyl sites for hydroxylation is 1. The Morgan fingerprint density at radius 2 is 1.60 bits per heavy atom. The smallest absolute Gasteiger partial charge is 0.323 e. The number of urea groups is 1. The maximum absolute atomic E-state index is 13.6. The van der Waals surface area contributed by atoms with Crippen molar-refractivity contribution in [3.63, 3.8) is 0 Å². The molecule has 5 nitrogen and oxygen atoms in total. The fourth-order valence-corrected chi connectivity index (χ4v) is 2.84. The molecule has 2 N–H and O–H groups in total. The Kier molecular flexibility index (Phi) is 5.26. The minimum atomic E-state index is -0.727. The minimum absolute atomic E-state index is 0.243. The normalized spacial score (nSPS) is 10.6. The standard InChI is InChI=1S/C23H17F2N3O2/c1-14-2-4-15(5-3-14)21-13-30-22(27-21)16-6-9-18(10-7-16)26-23(29)28-20-12-17(24)8-11-19(20)25/h2-13H,1H3,(H2,26,28,29). The molecule has 1 heterocycles. The first-order valence-electron chi connectivity index (χ1n) is 9.14. The molecule has 0 unspecified atom stereocenters. The van der Waals surface area contributed by atoms with Gasteiger partial charge < -0.3 is 15.1 Å². The van der Waals surface area contributed by atoms with Crippen molar-refractivity contribution in [2.75, 3.05) is 10.6 Å². The van der Waals surface area contributed by atoms with E-state index in [2.05, 4.69) is 15.6 Å². The number of anilines is 2. The summed E-state index contributed by atoms with van der Waals surface area (Å²) in [6, 6.07) is 16.9. The van der Waals surface area contributed by atoms with Crippen LogP contribution in [0.5, 0.6) is 0 Å². The van der Waals surface area contributed by atoms with Crippen LogP contribution in [-0.2, 0) is 0 Å². The maximum Gasteiger partial charge on any atom is 0.323 e. The van der Waals surface area contributed by atoms with Gasteiger partial charge in [0.2, 0.25) is 5.89 Å². The molecule has 150 valence electrons. The van der Waals surface area contributed by atoms with Gasteiger partial charge in [-0.2, -0.15) is 0 Å².